The lowest BCUT2D eigenvalue weighted by atomic mass is 9.78. The molecule has 5 rings (SSSR count). The molecule has 3 heterocycles. The van der Waals surface area contributed by atoms with Gasteiger partial charge in [0.25, 0.3) is 0 Å². The van der Waals surface area contributed by atoms with Crippen molar-refractivity contribution in [2.24, 2.45) is 13.0 Å². The van der Waals surface area contributed by atoms with E-state index in [-0.39, 0.29) is 24.3 Å². The number of carbonyl (C=O) groups excluding carboxylic acids is 1. The summed E-state index contributed by atoms with van der Waals surface area (Å²) in [5, 5.41) is 7.80. The number of imidazole rings is 1. The summed E-state index contributed by atoms with van der Waals surface area (Å²) < 4.78 is 23.1. The van der Waals surface area contributed by atoms with E-state index in [4.69, 9.17) is 4.74 Å². The van der Waals surface area contributed by atoms with Gasteiger partial charge in [-0.05, 0) is 43.7 Å². The molecule has 1 amide bonds. The average Bonchev–Trinajstić information content (AvgIpc) is 3.47. The molecule has 0 atom stereocenters. The lowest BCUT2D eigenvalue weighted by Crippen LogP contribution is -2.40. The molecular weight excluding hydrogens is 435 g/mol. The summed E-state index contributed by atoms with van der Waals surface area (Å²) in [4.78, 5) is 18.2. The number of aryl methyl sites for hydroxylation is 1. The van der Waals surface area contributed by atoms with Crippen LogP contribution in [0.2, 0.25) is 0 Å². The van der Waals surface area contributed by atoms with E-state index in [2.05, 4.69) is 15.4 Å². The van der Waals surface area contributed by atoms with E-state index in [1.54, 1.807) is 46.5 Å². The van der Waals surface area contributed by atoms with Gasteiger partial charge in [-0.1, -0.05) is 12.1 Å². The van der Waals surface area contributed by atoms with Gasteiger partial charge in [0.05, 0.1) is 19.1 Å². The summed E-state index contributed by atoms with van der Waals surface area (Å²) in [7, 11) is 1.87. The quantitative estimate of drug-likeness (QED) is 0.618. The molecule has 2 aliphatic rings. The van der Waals surface area contributed by atoms with Crippen molar-refractivity contribution in [1.82, 2.24) is 19.3 Å². The fourth-order valence-corrected chi connectivity index (χ4v) is 4.52. The molecule has 3 aromatic rings. The van der Waals surface area contributed by atoms with Crippen molar-refractivity contribution in [3.63, 3.8) is 0 Å². The van der Waals surface area contributed by atoms with Gasteiger partial charge in [-0.15, -0.1) is 12.4 Å². The summed E-state index contributed by atoms with van der Waals surface area (Å²) >= 11 is 0. The maximum Gasteiger partial charge on any atom is 0.416 e. The van der Waals surface area contributed by atoms with Crippen molar-refractivity contribution < 1.29 is 13.9 Å². The summed E-state index contributed by atoms with van der Waals surface area (Å²) in [6.07, 6.45) is 8.44. The largest absolute Gasteiger partial charge is 0.441 e. The predicted octanol–water partition coefficient (Wildman–Crippen LogP) is 4.16. The molecule has 32 heavy (non-hydrogen) atoms. The first-order valence-corrected chi connectivity index (χ1v) is 10.5. The molecule has 8 nitrogen and oxygen atoms in total. The van der Waals surface area contributed by atoms with Gasteiger partial charge in [0.2, 0.25) is 0 Å². The number of rotatable bonds is 5. The molecule has 2 aromatic heterocycles. The van der Waals surface area contributed by atoms with E-state index in [1.165, 1.54) is 6.07 Å². The van der Waals surface area contributed by atoms with Crippen LogP contribution in [0.25, 0.3) is 5.69 Å². The summed E-state index contributed by atoms with van der Waals surface area (Å²) in [5.41, 5.74) is 0.0146. The second-order valence-electron chi connectivity index (χ2n) is 8.42. The Hall–Kier alpha value is -3.07. The van der Waals surface area contributed by atoms with Crippen molar-refractivity contribution in [3.8, 4) is 5.69 Å². The third-order valence-corrected chi connectivity index (χ3v) is 6.31. The highest BCUT2D eigenvalue weighted by molar-refractivity contribution is 5.89. The average molecular weight is 461 g/mol. The maximum atomic E-state index is 13.9. The SMILES string of the molecule is Cl.Cn1cncc1N1CC2(CCC(CNc3ccn(-c4ccccc4F)n3)CC2)OC1=O. The van der Waals surface area contributed by atoms with Crippen LogP contribution < -0.4 is 10.2 Å². The molecule has 1 spiro atoms. The smallest absolute Gasteiger partial charge is 0.416 e. The van der Waals surface area contributed by atoms with E-state index < -0.39 is 5.60 Å². The van der Waals surface area contributed by atoms with Crippen molar-refractivity contribution in [2.75, 3.05) is 23.3 Å². The number of anilines is 2. The highest BCUT2D eigenvalue weighted by Crippen LogP contribution is 2.40. The van der Waals surface area contributed by atoms with Crippen LogP contribution in [0.3, 0.4) is 0 Å². The Labute approximate surface area is 191 Å². The zero-order valence-corrected chi connectivity index (χ0v) is 18.6. The zero-order chi connectivity index (χ0) is 21.4. The van der Waals surface area contributed by atoms with Gasteiger partial charge < -0.3 is 14.6 Å². The highest BCUT2D eigenvalue weighted by atomic mass is 35.5. The minimum atomic E-state index is -0.412. The normalized spacial score (nSPS) is 22.6. The third kappa shape index (κ3) is 4.17. The molecule has 0 radical (unpaired) electrons. The molecule has 1 saturated heterocycles. The fraction of sp³-hybridized carbons (Fsp3) is 0.409. The monoisotopic (exact) mass is 460 g/mol. The number of halogens is 2. The molecular formula is C22H26ClFN6O2. The summed E-state index contributed by atoms with van der Waals surface area (Å²) in [5.74, 6) is 1.64. The number of aromatic nitrogens is 4. The first kappa shape index (κ1) is 22.1. The van der Waals surface area contributed by atoms with E-state index in [0.717, 1.165) is 43.9 Å². The van der Waals surface area contributed by atoms with Crippen LogP contribution in [0.4, 0.5) is 20.8 Å². The predicted molar refractivity (Wildman–Crippen MR) is 121 cm³/mol. The van der Waals surface area contributed by atoms with Gasteiger partial charge in [0.1, 0.15) is 28.7 Å². The van der Waals surface area contributed by atoms with Crippen molar-refractivity contribution in [3.05, 3.63) is 54.9 Å². The van der Waals surface area contributed by atoms with Gasteiger partial charge in [-0.25, -0.2) is 18.9 Å². The Morgan fingerprint density at radius 2 is 2.03 bits per heavy atom. The Balaban J connectivity index is 0.00000245. The minimum Gasteiger partial charge on any atom is -0.441 e. The van der Waals surface area contributed by atoms with E-state index in [9.17, 15) is 9.18 Å². The number of hydrogen-bond acceptors (Lipinski definition) is 5. The molecule has 1 aromatic carbocycles. The Morgan fingerprint density at radius 1 is 1.25 bits per heavy atom. The molecule has 1 aliphatic carbocycles. The van der Waals surface area contributed by atoms with Crippen molar-refractivity contribution >= 4 is 30.1 Å². The maximum absolute atomic E-state index is 13.9. The van der Waals surface area contributed by atoms with Crippen LogP contribution in [-0.2, 0) is 11.8 Å². The van der Waals surface area contributed by atoms with Gasteiger partial charge in [-0.2, -0.15) is 5.10 Å². The Kier molecular flexibility index (Phi) is 6.10. The molecule has 10 heteroatoms. The third-order valence-electron chi connectivity index (χ3n) is 6.31. The lowest BCUT2D eigenvalue weighted by molar-refractivity contribution is 0.0148. The topological polar surface area (TPSA) is 77.2 Å². The van der Waals surface area contributed by atoms with Gasteiger partial charge >= 0.3 is 6.09 Å². The number of carbonyl (C=O) groups is 1. The second-order valence-corrected chi connectivity index (χ2v) is 8.42. The number of nitrogens with one attached hydrogen (secondary N) is 1. The number of benzene rings is 1. The van der Waals surface area contributed by atoms with Crippen LogP contribution in [0.15, 0.2) is 49.1 Å². The first-order chi connectivity index (χ1) is 15.0. The molecule has 2 fully saturated rings. The van der Waals surface area contributed by atoms with Crippen LogP contribution in [0.1, 0.15) is 25.7 Å². The Bertz CT molecular complexity index is 1090. The van der Waals surface area contributed by atoms with E-state index >= 15 is 0 Å². The first-order valence-electron chi connectivity index (χ1n) is 10.5. The number of amides is 1. The van der Waals surface area contributed by atoms with Crippen molar-refractivity contribution in [2.45, 2.75) is 31.3 Å². The molecule has 1 aliphatic heterocycles. The fourth-order valence-electron chi connectivity index (χ4n) is 4.52. The highest BCUT2D eigenvalue weighted by Gasteiger charge is 2.48. The van der Waals surface area contributed by atoms with E-state index in [1.807, 2.05) is 17.7 Å². The van der Waals surface area contributed by atoms with Crippen LogP contribution >= 0.6 is 12.4 Å². The molecule has 170 valence electrons. The molecule has 1 saturated carbocycles. The molecule has 1 N–H and O–H groups in total. The lowest BCUT2D eigenvalue weighted by Gasteiger charge is -2.35. The van der Waals surface area contributed by atoms with E-state index in [0.29, 0.717) is 18.2 Å². The van der Waals surface area contributed by atoms with Crippen LogP contribution in [0, 0.1) is 11.7 Å². The van der Waals surface area contributed by atoms with Gasteiger partial charge in [0, 0.05) is 25.9 Å². The van der Waals surface area contributed by atoms with Crippen LogP contribution in [-0.4, -0.2) is 44.1 Å². The second kappa shape index (κ2) is 8.82. The standard InChI is InChI=1S/C22H25FN6O2.ClH/c1-27-15-24-13-20(27)28-14-22(31-21(28)30)9-6-16(7-10-22)12-25-19-8-11-29(26-19)18-5-3-2-4-17(18)23;/h2-5,8,11,13,15-16H,6-7,9-10,12,14H2,1H3,(H,25,26);1H. The zero-order valence-electron chi connectivity index (χ0n) is 17.8. The minimum absolute atomic E-state index is 0. The van der Waals surface area contributed by atoms with Crippen LogP contribution in [0.5, 0.6) is 0 Å². The summed E-state index contributed by atoms with van der Waals surface area (Å²) in [6.45, 7) is 1.35. The molecule has 0 unspecified atom stereocenters. The molecule has 0 bridgehead atoms. The van der Waals surface area contributed by atoms with Gasteiger partial charge in [0.15, 0.2) is 0 Å². The number of hydrogen-bond donors (Lipinski definition) is 1. The number of para-hydroxylation sites is 1. The van der Waals surface area contributed by atoms with Gasteiger partial charge in [-0.3, -0.25) is 4.90 Å². The number of ether oxygens (including phenoxy) is 1. The van der Waals surface area contributed by atoms with Crippen molar-refractivity contribution in [1.29, 1.82) is 0 Å². The Morgan fingerprint density at radius 3 is 2.75 bits per heavy atom. The summed E-state index contributed by atoms with van der Waals surface area (Å²) in [6, 6.07) is 8.42. The number of nitrogens with zero attached hydrogens (tertiary/aromatic N) is 5.